The van der Waals surface area contributed by atoms with Crippen LogP contribution in [0.25, 0.3) is 0 Å². The van der Waals surface area contributed by atoms with Gasteiger partial charge in [-0.1, -0.05) is 17.3 Å². The Balaban J connectivity index is 1.59. The van der Waals surface area contributed by atoms with Crippen LogP contribution in [0, 0.1) is 5.92 Å². The Morgan fingerprint density at radius 1 is 1.35 bits per heavy atom. The van der Waals surface area contributed by atoms with E-state index < -0.39 is 0 Å². The van der Waals surface area contributed by atoms with Crippen molar-refractivity contribution in [2.75, 3.05) is 16.8 Å². The molecule has 1 aliphatic heterocycles. The monoisotopic (exact) mass is 311 g/mol. The summed E-state index contributed by atoms with van der Waals surface area (Å²) in [6.07, 6.45) is 5.41. The average Bonchev–Trinajstić information content (AvgIpc) is 3.31. The van der Waals surface area contributed by atoms with Crippen molar-refractivity contribution in [2.24, 2.45) is 5.92 Å². The van der Waals surface area contributed by atoms with Gasteiger partial charge in [-0.2, -0.15) is 0 Å². The zero-order valence-corrected chi connectivity index (χ0v) is 13.3. The molecule has 2 fully saturated rings. The Morgan fingerprint density at radius 3 is 2.96 bits per heavy atom. The third-order valence-corrected chi connectivity index (χ3v) is 5.02. The Hall–Kier alpha value is -2.37. The van der Waals surface area contributed by atoms with Crippen molar-refractivity contribution in [3.63, 3.8) is 0 Å². The van der Waals surface area contributed by atoms with Crippen LogP contribution in [0.3, 0.4) is 0 Å². The number of carbonyl (C=O) groups is 1. The first kappa shape index (κ1) is 14.2. The second-order valence-electron chi connectivity index (χ2n) is 6.39. The first-order valence-electron chi connectivity index (χ1n) is 8.31. The zero-order valence-electron chi connectivity index (χ0n) is 13.3. The van der Waals surface area contributed by atoms with Crippen molar-refractivity contribution in [1.29, 1.82) is 0 Å². The van der Waals surface area contributed by atoms with Gasteiger partial charge in [-0.15, -0.1) is 5.10 Å². The molecule has 2 aromatic rings. The van der Waals surface area contributed by atoms with Crippen LogP contribution in [0.5, 0.6) is 0 Å². The second kappa shape index (κ2) is 5.68. The first-order valence-corrected chi connectivity index (χ1v) is 8.31. The van der Waals surface area contributed by atoms with Crippen molar-refractivity contribution < 1.29 is 4.79 Å². The predicted molar refractivity (Wildman–Crippen MR) is 88.6 cm³/mol. The Kier molecular flexibility index (Phi) is 3.52. The molecule has 1 aromatic carbocycles. The molecule has 1 aliphatic carbocycles. The molecule has 1 N–H and O–H groups in total. The summed E-state index contributed by atoms with van der Waals surface area (Å²) in [7, 11) is 0. The highest BCUT2D eigenvalue weighted by Crippen LogP contribution is 2.42. The summed E-state index contributed by atoms with van der Waals surface area (Å²) < 4.78 is 1.61. The SMILES string of the molecule is CCn1nncc1C(=O)Nc1ccccc1N1CC2CCC1C2. The molecule has 1 aromatic heterocycles. The van der Waals surface area contributed by atoms with Crippen molar-refractivity contribution in [1.82, 2.24) is 15.0 Å². The quantitative estimate of drug-likeness (QED) is 0.942. The third kappa shape index (κ3) is 2.48. The molecule has 120 valence electrons. The van der Waals surface area contributed by atoms with Crippen LogP contribution in [-0.4, -0.2) is 33.5 Å². The van der Waals surface area contributed by atoms with Gasteiger partial charge in [-0.05, 0) is 44.2 Å². The van der Waals surface area contributed by atoms with Crippen molar-refractivity contribution in [2.45, 2.75) is 38.8 Å². The van der Waals surface area contributed by atoms with E-state index >= 15 is 0 Å². The van der Waals surface area contributed by atoms with Gasteiger partial charge in [0.05, 0.1) is 17.6 Å². The maximum atomic E-state index is 12.6. The van der Waals surface area contributed by atoms with Gasteiger partial charge < -0.3 is 10.2 Å². The molecule has 1 saturated carbocycles. The smallest absolute Gasteiger partial charge is 0.275 e. The van der Waals surface area contributed by atoms with Gasteiger partial charge in [0.15, 0.2) is 0 Å². The summed E-state index contributed by atoms with van der Waals surface area (Å²) in [6, 6.07) is 8.70. The van der Waals surface area contributed by atoms with E-state index in [0.717, 1.165) is 23.8 Å². The summed E-state index contributed by atoms with van der Waals surface area (Å²) in [6.45, 7) is 3.67. The molecule has 1 amide bonds. The summed E-state index contributed by atoms with van der Waals surface area (Å²) in [5.74, 6) is 0.656. The Morgan fingerprint density at radius 2 is 2.22 bits per heavy atom. The molecule has 6 nitrogen and oxygen atoms in total. The van der Waals surface area contributed by atoms with Gasteiger partial charge in [0.2, 0.25) is 0 Å². The van der Waals surface area contributed by atoms with E-state index in [9.17, 15) is 4.79 Å². The number of aromatic nitrogens is 3. The Labute approximate surface area is 135 Å². The number of para-hydroxylation sites is 2. The first-order chi connectivity index (χ1) is 11.3. The molecule has 2 aliphatic rings. The lowest BCUT2D eigenvalue weighted by Gasteiger charge is -2.31. The summed E-state index contributed by atoms with van der Waals surface area (Å²) in [5.41, 5.74) is 2.49. The number of carbonyl (C=O) groups excluding carboxylic acids is 1. The largest absolute Gasteiger partial charge is 0.367 e. The minimum absolute atomic E-state index is 0.159. The molecule has 4 rings (SSSR count). The standard InChI is InChI=1S/C17H21N5O/c1-2-22-16(10-18-20-22)17(23)19-14-5-3-4-6-15(14)21-11-12-7-8-13(21)9-12/h3-6,10,12-13H,2,7-9,11H2,1H3,(H,19,23). The summed E-state index contributed by atoms with van der Waals surface area (Å²) in [5, 5.41) is 10.8. The van der Waals surface area contributed by atoms with Crippen molar-refractivity contribution >= 4 is 17.3 Å². The van der Waals surface area contributed by atoms with Gasteiger partial charge >= 0.3 is 0 Å². The Bertz CT molecular complexity index is 725. The minimum atomic E-state index is -0.159. The third-order valence-electron chi connectivity index (χ3n) is 5.02. The van der Waals surface area contributed by atoms with E-state index in [0.29, 0.717) is 18.3 Å². The number of aryl methyl sites for hydroxylation is 1. The number of benzene rings is 1. The number of hydrogen-bond acceptors (Lipinski definition) is 4. The molecule has 1 saturated heterocycles. The van der Waals surface area contributed by atoms with Crippen LogP contribution >= 0.6 is 0 Å². The molecule has 2 unspecified atom stereocenters. The van der Waals surface area contributed by atoms with E-state index in [1.807, 2.05) is 25.1 Å². The molecule has 2 atom stereocenters. The van der Waals surface area contributed by atoms with Gasteiger partial charge in [-0.3, -0.25) is 4.79 Å². The van der Waals surface area contributed by atoms with E-state index in [1.165, 1.54) is 25.5 Å². The van der Waals surface area contributed by atoms with E-state index in [2.05, 4.69) is 26.6 Å². The fourth-order valence-electron chi connectivity index (χ4n) is 3.90. The number of hydrogen-bond donors (Lipinski definition) is 1. The lowest BCUT2D eigenvalue weighted by atomic mass is 10.1. The molecule has 2 heterocycles. The van der Waals surface area contributed by atoms with E-state index in [-0.39, 0.29) is 5.91 Å². The van der Waals surface area contributed by atoms with Crippen LogP contribution in [0.1, 0.15) is 36.7 Å². The summed E-state index contributed by atoms with van der Waals surface area (Å²) >= 11 is 0. The maximum Gasteiger partial charge on any atom is 0.275 e. The average molecular weight is 311 g/mol. The predicted octanol–water partition coefficient (Wildman–Crippen LogP) is 2.54. The lowest BCUT2D eigenvalue weighted by Crippen LogP contribution is -2.32. The van der Waals surface area contributed by atoms with Crippen molar-refractivity contribution in [3.8, 4) is 0 Å². The number of piperidine rings is 1. The van der Waals surface area contributed by atoms with E-state index in [1.54, 1.807) is 4.68 Å². The molecule has 0 radical (unpaired) electrons. The van der Waals surface area contributed by atoms with Gasteiger partial charge in [0.25, 0.3) is 5.91 Å². The fraction of sp³-hybridized carbons (Fsp3) is 0.471. The molecular weight excluding hydrogens is 290 g/mol. The number of amides is 1. The number of anilines is 2. The van der Waals surface area contributed by atoms with Crippen LogP contribution in [0.15, 0.2) is 30.5 Å². The van der Waals surface area contributed by atoms with Gasteiger partial charge in [0.1, 0.15) is 5.69 Å². The summed E-state index contributed by atoms with van der Waals surface area (Å²) in [4.78, 5) is 15.0. The molecule has 6 heteroatoms. The number of nitrogens with zero attached hydrogens (tertiary/aromatic N) is 4. The normalized spacial score (nSPS) is 22.6. The van der Waals surface area contributed by atoms with Crippen LogP contribution in [0.2, 0.25) is 0 Å². The second-order valence-corrected chi connectivity index (χ2v) is 6.39. The highest BCUT2D eigenvalue weighted by Gasteiger charge is 2.38. The number of fused-ring (bicyclic) bond motifs is 2. The molecule has 23 heavy (non-hydrogen) atoms. The van der Waals surface area contributed by atoms with Crippen LogP contribution < -0.4 is 10.2 Å². The highest BCUT2D eigenvalue weighted by atomic mass is 16.2. The van der Waals surface area contributed by atoms with Crippen LogP contribution in [0.4, 0.5) is 11.4 Å². The topological polar surface area (TPSA) is 63.1 Å². The molecule has 0 spiro atoms. The molecular formula is C17H21N5O. The van der Waals surface area contributed by atoms with Crippen molar-refractivity contribution in [3.05, 3.63) is 36.2 Å². The maximum absolute atomic E-state index is 12.6. The van der Waals surface area contributed by atoms with Gasteiger partial charge in [0, 0.05) is 19.1 Å². The highest BCUT2D eigenvalue weighted by molar-refractivity contribution is 6.04. The zero-order chi connectivity index (χ0) is 15.8. The van der Waals surface area contributed by atoms with E-state index in [4.69, 9.17) is 0 Å². The minimum Gasteiger partial charge on any atom is -0.367 e. The number of nitrogens with one attached hydrogen (secondary N) is 1. The molecule has 2 bridgehead atoms. The van der Waals surface area contributed by atoms with Gasteiger partial charge in [-0.25, -0.2) is 4.68 Å². The van der Waals surface area contributed by atoms with Crippen LogP contribution in [-0.2, 0) is 6.54 Å². The fourth-order valence-corrected chi connectivity index (χ4v) is 3.90. The number of rotatable bonds is 4. The lowest BCUT2D eigenvalue weighted by molar-refractivity contribution is 0.101.